The van der Waals surface area contributed by atoms with Gasteiger partial charge in [-0.15, -0.1) is 0 Å². The van der Waals surface area contributed by atoms with E-state index in [1.54, 1.807) is 7.11 Å². The van der Waals surface area contributed by atoms with Gasteiger partial charge in [-0.1, -0.05) is 0 Å². The molecule has 1 saturated heterocycles. The molecule has 0 saturated carbocycles. The van der Waals surface area contributed by atoms with Crippen LogP contribution < -0.4 is 0 Å². The summed E-state index contributed by atoms with van der Waals surface area (Å²) in [5, 5.41) is 1.21. The molecule has 4 heteroatoms. The van der Waals surface area contributed by atoms with E-state index in [1.807, 2.05) is 24.7 Å². The van der Waals surface area contributed by atoms with E-state index in [4.69, 9.17) is 4.74 Å². The lowest BCUT2D eigenvalue weighted by molar-refractivity contribution is 0.149. The smallest absolute Gasteiger partial charge is 0.0735 e. The number of hydrogen-bond donors (Lipinski definition) is 0. The van der Waals surface area contributed by atoms with Crippen LogP contribution in [0.25, 0.3) is 10.9 Å². The zero-order valence-corrected chi connectivity index (χ0v) is 13.4. The lowest BCUT2D eigenvalue weighted by atomic mass is 9.92. The maximum absolute atomic E-state index is 5.20. The molecule has 3 rings (SSSR count). The van der Waals surface area contributed by atoms with Gasteiger partial charge in [-0.2, -0.15) is 0 Å². The Bertz CT molecular complexity index is 596. The van der Waals surface area contributed by atoms with Crippen molar-refractivity contribution in [1.82, 2.24) is 14.9 Å². The Kier molecular flexibility index (Phi) is 5.35. The van der Waals surface area contributed by atoms with Gasteiger partial charge in [0.25, 0.3) is 0 Å². The van der Waals surface area contributed by atoms with Gasteiger partial charge >= 0.3 is 0 Å². The largest absolute Gasteiger partial charge is 0.383 e. The highest BCUT2D eigenvalue weighted by molar-refractivity contribution is 5.80. The molecule has 2 aromatic rings. The molecule has 0 spiro atoms. The van der Waals surface area contributed by atoms with Crippen LogP contribution in [-0.4, -0.2) is 48.2 Å². The fourth-order valence-corrected chi connectivity index (χ4v) is 3.41. The first-order valence-electron chi connectivity index (χ1n) is 8.25. The summed E-state index contributed by atoms with van der Waals surface area (Å²) in [6, 6.07) is 4.16. The van der Waals surface area contributed by atoms with Gasteiger partial charge in [-0.25, -0.2) is 0 Å². The molecule has 4 nitrogen and oxygen atoms in total. The molecule has 1 atom stereocenters. The van der Waals surface area contributed by atoms with Crippen molar-refractivity contribution >= 4 is 10.9 Å². The van der Waals surface area contributed by atoms with Crippen LogP contribution in [0.2, 0.25) is 0 Å². The van der Waals surface area contributed by atoms with Crippen molar-refractivity contribution in [1.29, 1.82) is 0 Å². The van der Waals surface area contributed by atoms with E-state index in [-0.39, 0.29) is 0 Å². The van der Waals surface area contributed by atoms with Gasteiger partial charge in [0, 0.05) is 37.6 Å². The molecule has 0 unspecified atom stereocenters. The van der Waals surface area contributed by atoms with Gasteiger partial charge in [0.15, 0.2) is 0 Å². The van der Waals surface area contributed by atoms with Crippen molar-refractivity contribution < 1.29 is 4.74 Å². The molecule has 1 aliphatic heterocycles. The summed E-state index contributed by atoms with van der Waals surface area (Å²) in [4.78, 5) is 11.2. The number of nitrogens with zero attached hydrogens (tertiary/aromatic N) is 3. The minimum Gasteiger partial charge on any atom is -0.383 e. The van der Waals surface area contributed by atoms with Gasteiger partial charge in [0.05, 0.1) is 12.1 Å². The summed E-state index contributed by atoms with van der Waals surface area (Å²) in [7, 11) is 1.78. The normalized spacial score (nSPS) is 20.1. The Morgan fingerprint density at radius 1 is 1.23 bits per heavy atom. The molecule has 0 aliphatic carbocycles. The Morgan fingerprint density at radius 2 is 2.18 bits per heavy atom. The Morgan fingerprint density at radius 3 is 3.09 bits per heavy atom. The monoisotopic (exact) mass is 299 g/mol. The van der Waals surface area contributed by atoms with Crippen molar-refractivity contribution in [3.63, 3.8) is 0 Å². The summed E-state index contributed by atoms with van der Waals surface area (Å²) in [5.74, 6) is 0.762. The maximum Gasteiger partial charge on any atom is 0.0735 e. The highest BCUT2D eigenvalue weighted by Gasteiger charge is 2.18. The second-order valence-corrected chi connectivity index (χ2v) is 6.20. The quantitative estimate of drug-likeness (QED) is 0.851. The third-order valence-corrected chi connectivity index (χ3v) is 4.69. The highest BCUT2D eigenvalue weighted by Crippen LogP contribution is 2.25. The second-order valence-electron chi connectivity index (χ2n) is 6.20. The van der Waals surface area contributed by atoms with Gasteiger partial charge < -0.3 is 9.64 Å². The number of aromatic nitrogens is 2. The standard InChI is InChI=1S/C18H25N3O/c1-22-12-11-21-9-2-3-15(6-10-21)13-16-4-8-20-18-5-7-19-14-17(16)18/h4-5,7-8,14-15H,2-3,6,9-13H2,1H3/t15-/m0/s1. The van der Waals surface area contributed by atoms with Crippen molar-refractivity contribution in [2.45, 2.75) is 25.7 Å². The van der Waals surface area contributed by atoms with E-state index in [2.05, 4.69) is 20.9 Å². The molecule has 1 aliphatic rings. The molecule has 3 heterocycles. The minimum absolute atomic E-state index is 0.762. The number of ether oxygens (including phenoxy) is 1. The number of rotatable bonds is 5. The van der Waals surface area contributed by atoms with Crippen LogP contribution in [0, 0.1) is 5.92 Å². The molecule has 2 aromatic heterocycles. The Balaban J connectivity index is 1.65. The third kappa shape index (κ3) is 3.81. The SMILES string of the molecule is COCCN1CCC[C@H](Cc2ccnc3ccncc23)CC1. The molecule has 1 fully saturated rings. The molecule has 0 amide bonds. The average molecular weight is 299 g/mol. The van der Waals surface area contributed by atoms with Gasteiger partial charge in [0.2, 0.25) is 0 Å². The molecular weight excluding hydrogens is 274 g/mol. The van der Waals surface area contributed by atoms with E-state index < -0.39 is 0 Å². The average Bonchev–Trinajstić information content (AvgIpc) is 2.79. The third-order valence-electron chi connectivity index (χ3n) is 4.69. The Labute approximate surface area is 132 Å². The first-order valence-corrected chi connectivity index (χ1v) is 8.25. The van der Waals surface area contributed by atoms with E-state index in [0.717, 1.165) is 31.0 Å². The van der Waals surface area contributed by atoms with Crippen molar-refractivity contribution in [2.75, 3.05) is 33.4 Å². The number of pyridine rings is 2. The van der Waals surface area contributed by atoms with Crippen molar-refractivity contribution in [3.8, 4) is 0 Å². The van der Waals surface area contributed by atoms with E-state index in [0.29, 0.717) is 0 Å². The van der Waals surface area contributed by atoms with Crippen LogP contribution in [0.1, 0.15) is 24.8 Å². The van der Waals surface area contributed by atoms with Crippen molar-refractivity contribution in [2.24, 2.45) is 5.92 Å². The summed E-state index contributed by atoms with van der Waals surface area (Å²) in [6.45, 7) is 4.30. The number of likely N-dealkylation sites (tertiary alicyclic amines) is 1. The highest BCUT2D eigenvalue weighted by atomic mass is 16.5. The predicted molar refractivity (Wildman–Crippen MR) is 88.9 cm³/mol. The summed E-state index contributed by atoms with van der Waals surface area (Å²) >= 11 is 0. The number of fused-ring (bicyclic) bond motifs is 1. The van der Waals surface area contributed by atoms with E-state index >= 15 is 0 Å². The molecule has 22 heavy (non-hydrogen) atoms. The number of hydrogen-bond acceptors (Lipinski definition) is 4. The van der Waals surface area contributed by atoms with Crippen molar-refractivity contribution in [3.05, 3.63) is 36.3 Å². The summed E-state index contributed by atoms with van der Waals surface area (Å²) in [5.41, 5.74) is 2.45. The van der Waals surface area contributed by atoms with Gasteiger partial charge in [-0.05, 0) is 62.4 Å². The fourth-order valence-electron chi connectivity index (χ4n) is 3.41. The van der Waals surface area contributed by atoms with Crippen LogP contribution >= 0.6 is 0 Å². The molecule has 0 bridgehead atoms. The van der Waals surface area contributed by atoms with Gasteiger partial charge in [-0.3, -0.25) is 9.97 Å². The molecular formula is C18H25N3O. The number of methoxy groups -OCH3 is 1. The zero-order chi connectivity index (χ0) is 15.2. The van der Waals surface area contributed by atoms with Crippen LogP contribution in [0.5, 0.6) is 0 Å². The predicted octanol–water partition coefficient (Wildman–Crippen LogP) is 2.92. The molecule has 0 radical (unpaired) electrons. The topological polar surface area (TPSA) is 38.2 Å². The second kappa shape index (κ2) is 7.65. The lowest BCUT2D eigenvalue weighted by Crippen LogP contribution is -2.28. The fraction of sp³-hybridized carbons (Fsp3) is 0.556. The summed E-state index contributed by atoms with van der Waals surface area (Å²) in [6.07, 6.45) is 10.7. The first kappa shape index (κ1) is 15.4. The van der Waals surface area contributed by atoms with E-state index in [1.165, 1.54) is 43.3 Å². The zero-order valence-electron chi connectivity index (χ0n) is 13.4. The first-order chi connectivity index (χ1) is 10.9. The molecule has 118 valence electrons. The maximum atomic E-state index is 5.20. The molecule has 0 aromatic carbocycles. The molecule has 0 N–H and O–H groups in total. The van der Waals surface area contributed by atoms with Crippen LogP contribution in [0.4, 0.5) is 0 Å². The van der Waals surface area contributed by atoms with E-state index in [9.17, 15) is 0 Å². The lowest BCUT2D eigenvalue weighted by Gasteiger charge is -2.19. The Hall–Kier alpha value is -1.52. The van der Waals surface area contributed by atoms with Gasteiger partial charge in [0.1, 0.15) is 0 Å². The van der Waals surface area contributed by atoms with Crippen LogP contribution in [-0.2, 0) is 11.2 Å². The van der Waals surface area contributed by atoms with Crippen LogP contribution in [0.15, 0.2) is 30.7 Å². The minimum atomic E-state index is 0.762. The van der Waals surface area contributed by atoms with Crippen LogP contribution in [0.3, 0.4) is 0 Å². The summed E-state index contributed by atoms with van der Waals surface area (Å²) < 4.78 is 5.20.